The Bertz CT molecular complexity index is 139. The zero-order valence-corrected chi connectivity index (χ0v) is 13.0. The van der Waals surface area contributed by atoms with Gasteiger partial charge in [0.05, 0.1) is 0 Å². The molecular weight excluding hydrogens is 226 g/mol. The van der Waals surface area contributed by atoms with Crippen molar-refractivity contribution in [1.29, 1.82) is 0 Å². The second-order valence-corrected chi connectivity index (χ2v) is 5.43. The van der Waals surface area contributed by atoms with Gasteiger partial charge in [0.1, 0.15) is 0 Å². The van der Waals surface area contributed by atoms with E-state index in [1.165, 1.54) is 77.4 Å². The van der Waals surface area contributed by atoms with Crippen molar-refractivity contribution in [3.05, 3.63) is 0 Å². The molecule has 17 heavy (non-hydrogen) atoms. The topological polar surface area (TPSA) is 3.24 Å². The van der Waals surface area contributed by atoms with E-state index >= 15 is 0 Å². The standard InChI is InChI=1S/C15H33NS/c1-3-5-13-16(4-2)14-11-9-7-6-8-10-12-15-17/h17H,3-15H2,1-2H3. The van der Waals surface area contributed by atoms with Gasteiger partial charge in [-0.3, -0.25) is 0 Å². The SMILES string of the molecule is CCCCN(CC)CCCCCCCCCS. The molecule has 0 amide bonds. The first-order chi connectivity index (χ1) is 8.35. The summed E-state index contributed by atoms with van der Waals surface area (Å²) in [4.78, 5) is 2.60. The summed E-state index contributed by atoms with van der Waals surface area (Å²) in [5, 5.41) is 0. The van der Waals surface area contributed by atoms with Crippen LogP contribution in [-0.4, -0.2) is 30.3 Å². The number of hydrogen-bond acceptors (Lipinski definition) is 2. The van der Waals surface area contributed by atoms with E-state index in [1.54, 1.807) is 0 Å². The Hall–Kier alpha value is 0.310. The maximum absolute atomic E-state index is 4.23. The Morgan fingerprint density at radius 3 is 1.76 bits per heavy atom. The van der Waals surface area contributed by atoms with Gasteiger partial charge in [0.15, 0.2) is 0 Å². The summed E-state index contributed by atoms with van der Waals surface area (Å²) >= 11 is 4.23. The van der Waals surface area contributed by atoms with Crippen molar-refractivity contribution >= 4 is 12.6 Å². The van der Waals surface area contributed by atoms with Gasteiger partial charge in [0.25, 0.3) is 0 Å². The Kier molecular flexibility index (Phi) is 14.6. The third-order valence-electron chi connectivity index (χ3n) is 3.41. The van der Waals surface area contributed by atoms with Crippen LogP contribution in [-0.2, 0) is 0 Å². The summed E-state index contributed by atoms with van der Waals surface area (Å²) in [6.07, 6.45) is 12.4. The lowest BCUT2D eigenvalue weighted by Crippen LogP contribution is -2.25. The van der Waals surface area contributed by atoms with Crippen LogP contribution in [0.2, 0.25) is 0 Å². The quantitative estimate of drug-likeness (QED) is 0.368. The van der Waals surface area contributed by atoms with E-state index in [0.29, 0.717) is 0 Å². The van der Waals surface area contributed by atoms with Crippen molar-refractivity contribution in [1.82, 2.24) is 4.90 Å². The highest BCUT2D eigenvalue weighted by molar-refractivity contribution is 7.80. The summed E-state index contributed by atoms with van der Waals surface area (Å²) in [6, 6.07) is 0. The van der Waals surface area contributed by atoms with Crippen LogP contribution in [0.25, 0.3) is 0 Å². The van der Waals surface area contributed by atoms with E-state index in [1.807, 2.05) is 0 Å². The fraction of sp³-hybridized carbons (Fsp3) is 1.00. The van der Waals surface area contributed by atoms with Crippen molar-refractivity contribution in [2.75, 3.05) is 25.4 Å². The molecule has 0 saturated carbocycles. The molecule has 0 N–H and O–H groups in total. The number of rotatable bonds is 13. The van der Waals surface area contributed by atoms with E-state index in [9.17, 15) is 0 Å². The lowest BCUT2D eigenvalue weighted by molar-refractivity contribution is 0.276. The predicted octanol–water partition coefficient (Wildman–Crippen LogP) is 4.77. The highest BCUT2D eigenvalue weighted by atomic mass is 32.1. The molecule has 0 radical (unpaired) electrons. The molecule has 0 aliphatic carbocycles. The third-order valence-corrected chi connectivity index (χ3v) is 3.72. The Labute approximate surface area is 115 Å². The largest absolute Gasteiger partial charge is 0.304 e. The number of nitrogens with zero attached hydrogens (tertiary/aromatic N) is 1. The van der Waals surface area contributed by atoms with Crippen molar-refractivity contribution in [2.24, 2.45) is 0 Å². The van der Waals surface area contributed by atoms with Crippen LogP contribution in [0.5, 0.6) is 0 Å². The Morgan fingerprint density at radius 1 is 0.706 bits per heavy atom. The van der Waals surface area contributed by atoms with Crippen LogP contribution in [0.4, 0.5) is 0 Å². The van der Waals surface area contributed by atoms with E-state index in [0.717, 1.165) is 5.75 Å². The third kappa shape index (κ3) is 12.6. The van der Waals surface area contributed by atoms with Crippen LogP contribution < -0.4 is 0 Å². The maximum atomic E-state index is 4.23. The molecule has 0 aliphatic rings. The fourth-order valence-corrected chi connectivity index (χ4v) is 2.36. The fourth-order valence-electron chi connectivity index (χ4n) is 2.14. The first-order valence-electron chi connectivity index (χ1n) is 7.68. The lowest BCUT2D eigenvalue weighted by Gasteiger charge is -2.19. The molecule has 0 aromatic heterocycles. The number of thiol groups is 1. The van der Waals surface area contributed by atoms with Gasteiger partial charge < -0.3 is 4.90 Å². The second-order valence-electron chi connectivity index (χ2n) is 4.99. The summed E-state index contributed by atoms with van der Waals surface area (Å²) in [5.74, 6) is 1.06. The van der Waals surface area contributed by atoms with Crippen LogP contribution in [0, 0.1) is 0 Å². The van der Waals surface area contributed by atoms with Crippen LogP contribution in [0.1, 0.15) is 71.6 Å². The van der Waals surface area contributed by atoms with E-state index in [4.69, 9.17) is 0 Å². The molecule has 0 unspecified atom stereocenters. The molecular formula is C15H33NS. The van der Waals surface area contributed by atoms with E-state index in [2.05, 4.69) is 31.4 Å². The number of unbranched alkanes of at least 4 members (excludes halogenated alkanes) is 7. The maximum Gasteiger partial charge on any atom is -0.00189 e. The summed E-state index contributed by atoms with van der Waals surface area (Å²) in [5.41, 5.74) is 0. The van der Waals surface area contributed by atoms with Crippen molar-refractivity contribution in [3.63, 3.8) is 0 Å². The summed E-state index contributed by atoms with van der Waals surface area (Å²) in [6.45, 7) is 8.40. The summed E-state index contributed by atoms with van der Waals surface area (Å²) in [7, 11) is 0. The molecule has 0 aromatic rings. The second kappa shape index (κ2) is 14.4. The van der Waals surface area contributed by atoms with Crippen molar-refractivity contribution in [3.8, 4) is 0 Å². The normalized spacial score (nSPS) is 11.3. The zero-order chi connectivity index (χ0) is 12.8. The van der Waals surface area contributed by atoms with Gasteiger partial charge in [0, 0.05) is 0 Å². The van der Waals surface area contributed by atoms with Gasteiger partial charge in [-0.25, -0.2) is 0 Å². The van der Waals surface area contributed by atoms with Gasteiger partial charge in [-0.1, -0.05) is 52.4 Å². The number of hydrogen-bond donors (Lipinski definition) is 1. The molecule has 0 spiro atoms. The average Bonchev–Trinajstić information content (AvgIpc) is 2.36. The Morgan fingerprint density at radius 2 is 1.24 bits per heavy atom. The molecule has 2 heteroatoms. The minimum absolute atomic E-state index is 1.06. The molecule has 0 fully saturated rings. The first-order valence-corrected chi connectivity index (χ1v) is 8.31. The van der Waals surface area contributed by atoms with Crippen LogP contribution in [0.15, 0.2) is 0 Å². The molecule has 0 rings (SSSR count). The van der Waals surface area contributed by atoms with E-state index < -0.39 is 0 Å². The minimum atomic E-state index is 1.06. The zero-order valence-electron chi connectivity index (χ0n) is 12.1. The minimum Gasteiger partial charge on any atom is -0.304 e. The molecule has 0 aromatic carbocycles. The molecule has 0 aliphatic heterocycles. The monoisotopic (exact) mass is 259 g/mol. The van der Waals surface area contributed by atoms with Crippen LogP contribution >= 0.6 is 12.6 Å². The molecule has 0 atom stereocenters. The smallest absolute Gasteiger partial charge is 0.00189 e. The molecule has 104 valence electrons. The predicted molar refractivity (Wildman–Crippen MR) is 83.2 cm³/mol. The van der Waals surface area contributed by atoms with Gasteiger partial charge >= 0.3 is 0 Å². The average molecular weight is 260 g/mol. The molecule has 0 saturated heterocycles. The highest BCUT2D eigenvalue weighted by Gasteiger charge is 2.00. The summed E-state index contributed by atoms with van der Waals surface area (Å²) < 4.78 is 0. The van der Waals surface area contributed by atoms with E-state index in [-0.39, 0.29) is 0 Å². The Balaban J connectivity index is 3.19. The lowest BCUT2D eigenvalue weighted by atomic mass is 10.1. The first kappa shape index (κ1) is 17.3. The van der Waals surface area contributed by atoms with Gasteiger partial charge in [-0.05, 0) is 44.6 Å². The van der Waals surface area contributed by atoms with Gasteiger partial charge in [-0.2, -0.15) is 12.6 Å². The van der Waals surface area contributed by atoms with Gasteiger partial charge in [0.2, 0.25) is 0 Å². The van der Waals surface area contributed by atoms with Crippen molar-refractivity contribution in [2.45, 2.75) is 71.6 Å². The molecule has 0 heterocycles. The van der Waals surface area contributed by atoms with Gasteiger partial charge in [-0.15, -0.1) is 0 Å². The molecule has 1 nitrogen and oxygen atoms in total. The van der Waals surface area contributed by atoms with Crippen LogP contribution in [0.3, 0.4) is 0 Å². The highest BCUT2D eigenvalue weighted by Crippen LogP contribution is 2.08. The molecule has 0 bridgehead atoms. The van der Waals surface area contributed by atoms with Crippen molar-refractivity contribution < 1.29 is 0 Å².